The molecular weight excluding hydrogens is 236 g/mol. The molecule has 3 heteroatoms. The first-order chi connectivity index (χ1) is 8.81. The normalized spacial score (nSPS) is 11.9. The van der Waals surface area contributed by atoms with Crippen molar-refractivity contribution in [1.82, 2.24) is 10.6 Å². The summed E-state index contributed by atoms with van der Waals surface area (Å²) in [4.78, 5) is 11.4. The molecule has 0 rings (SSSR count). The van der Waals surface area contributed by atoms with Crippen molar-refractivity contribution < 1.29 is 4.79 Å². The third kappa shape index (κ3) is 15.4. The van der Waals surface area contributed by atoms with Crippen molar-refractivity contribution >= 4 is 5.91 Å². The van der Waals surface area contributed by atoms with Gasteiger partial charge in [0.2, 0.25) is 5.91 Å². The molecule has 0 heterocycles. The molecule has 0 aromatic rings. The van der Waals surface area contributed by atoms with Gasteiger partial charge in [0.25, 0.3) is 0 Å². The number of nitrogens with one attached hydrogen (secondary N) is 2. The molecule has 0 atom stereocenters. The lowest BCUT2D eigenvalue weighted by molar-refractivity contribution is -0.121. The zero-order valence-electron chi connectivity index (χ0n) is 13.6. The first-order valence-corrected chi connectivity index (χ1v) is 7.78. The van der Waals surface area contributed by atoms with Gasteiger partial charge in [-0.1, -0.05) is 47.5 Å². The van der Waals surface area contributed by atoms with Crippen LogP contribution in [0.4, 0.5) is 0 Å². The summed E-state index contributed by atoms with van der Waals surface area (Å²) in [6, 6.07) is 0. The molecule has 0 bridgehead atoms. The second kappa shape index (κ2) is 10.2. The van der Waals surface area contributed by atoms with Crippen LogP contribution in [0.3, 0.4) is 0 Å². The lowest BCUT2D eigenvalue weighted by atomic mass is 9.97. The van der Waals surface area contributed by atoms with Crippen LogP contribution >= 0.6 is 0 Å². The number of unbranched alkanes of at least 4 members (excludes halogenated alkanes) is 3. The highest BCUT2D eigenvalue weighted by Crippen LogP contribution is 2.10. The Hall–Kier alpha value is -0.570. The van der Waals surface area contributed by atoms with Crippen LogP contribution in [0, 0.1) is 11.3 Å². The van der Waals surface area contributed by atoms with Crippen molar-refractivity contribution in [2.75, 3.05) is 19.6 Å². The van der Waals surface area contributed by atoms with Crippen LogP contribution in [0.15, 0.2) is 0 Å². The van der Waals surface area contributed by atoms with E-state index in [4.69, 9.17) is 0 Å². The summed E-state index contributed by atoms with van der Waals surface area (Å²) in [5, 5.41) is 6.47. The summed E-state index contributed by atoms with van der Waals surface area (Å²) in [5.74, 6) is 0.649. The molecule has 0 aliphatic heterocycles. The molecule has 0 aromatic heterocycles. The zero-order valence-corrected chi connectivity index (χ0v) is 13.6. The van der Waals surface area contributed by atoms with Gasteiger partial charge in [-0.3, -0.25) is 4.79 Å². The largest absolute Gasteiger partial charge is 0.356 e. The van der Waals surface area contributed by atoms with Crippen molar-refractivity contribution in [2.45, 2.75) is 66.7 Å². The van der Waals surface area contributed by atoms with Crippen molar-refractivity contribution in [3.8, 4) is 0 Å². The smallest absolute Gasteiger partial charge is 0.220 e. The number of hydrogen-bond acceptors (Lipinski definition) is 2. The molecule has 0 spiro atoms. The summed E-state index contributed by atoms with van der Waals surface area (Å²) in [7, 11) is 0. The fourth-order valence-corrected chi connectivity index (χ4v) is 1.86. The van der Waals surface area contributed by atoms with E-state index >= 15 is 0 Å². The number of rotatable bonds is 10. The van der Waals surface area contributed by atoms with E-state index in [9.17, 15) is 4.79 Å². The number of amides is 1. The van der Waals surface area contributed by atoms with E-state index in [1.807, 2.05) is 0 Å². The van der Waals surface area contributed by atoms with Gasteiger partial charge in [0.05, 0.1) is 0 Å². The van der Waals surface area contributed by atoms with Crippen molar-refractivity contribution in [3.63, 3.8) is 0 Å². The Bertz CT molecular complexity index is 231. The van der Waals surface area contributed by atoms with Gasteiger partial charge in [0, 0.05) is 13.0 Å². The molecule has 3 nitrogen and oxygen atoms in total. The first-order valence-electron chi connectivity index (χ1n) is 7.78. The summed E-state index contributed by atoms with van der Waals surface area (Å²) < 4.78 is 0. The fourth-order valence-electron chi connectivity index (χ4n) is 1.86. The van der Waals surface area contributed by atoms with Crippen LogP contribution in [0.5, 0.6) is 0 Å². The molecule has 0 saturated heterocycles. The van der Waals surface area contributed by atoms with Gasteiger partial charge >= 0.3 is 0 Å². The van der Waals surface area contributed by atoms with Crippen LogP contribution in [0.25, 0.3) is 0 Å². The molecule has 0 unspecified atom stereocenters. The van der Waals surface area contributed by atoms with Gasteiger partial charge < -0.3 is 10.6 Å². The lowest BCUT2D eigenvalue weighted by Crippen LogP contribution is -2.27. The minimum atomic E-state index is 0.196. The minimum Gasteiger partial charge on any atom is -0.356 e. The Balaban J connectivity index is 3.21. The van der Waals surface area contributed by atoms with Crippen molar-refractivity contribution in [2.24, 2.45) is 11.3 Å². The molecular formula is C16H34N2O. The highest BCUT2D eigenvalue weighted by molar-refractivity contribution is 5.75. The molecule has 114 valence electrons. The van der Waals surface area contributed by atoms with Gasteiger partial charge in [-0.15, -0.1) is 0 Å². The maximum atomic E-state index is 11.4. The van der Waals surface area contributed by atoms with Gasteiger partial charge in [-0.25, -0.2) is 0 Å². The molecule has 0 aromatic carbocycles. The van der Waals surface area contributed by atoms with Gasteiger partial charge in [0.1, 0.15) is 0 Å². The quantitative estimate of drug-likeness (QED) is 0.598. The topological polar surface area (TPSA) is 41.1 Å². The van der Waals surface area contributed by atoms with Gasteiger partial charge in [-0.05, 0) is 37.3 Å². The summed E-state index contributed by atoms with van der Waals surface area (Å²) >= 11 is 0. The molecule has 0 fully saturated rings. The van der Waals surface area contributed by atoms with Crippen LogP contribution in [0.1, 0.15) is 66.7 Å². The second-order valence-corrected chi connectivity index (χ2v) is 7.10. The van der Waals surface area contributed by atoms with Crippen LogP contribution in [0.2, 0.25) is 0 Å². The Morgan fingerprint density at radius 1 is 1.00 bits per heavy atom. The van der Waals surface area contributed by atoms with E-state index in [0.29, 0.717) is 17.8 Å². The summed E-state index contributed by atoms with van der Waals surface area (Å²) in [5.41, 5.74) is 0.376. The first kappa shape index (κ1) is 18.4. The Kier molecular flexibility index (Phi) is 9.94. The van der Waals surface area contributed by atoms with E-state index in [1.54, 1.807) is 0 Å². The fraction of sp³-hybridized carbons (Fsp3) is 0.938. The number of hydrogen-bond donors (Lipinski definition) is 2. The SMILES string of the molecule is CC(C)CC(=O)NCCCCCCNCC(C)(C)C. The van der Waals surface area contributed by atoms with E-state index in [2.05, 4.69) is 45.3 Å². The van der Waals surface area contributed by atoms with Crippen LogP contribution in [-0.2, 0) is 4.79 Å². The summed E-state index contributed by atoms with van der Waals surface area (Å²) in [6.45, 7) is 13.9. The van der Waals surface area contributed by atoms with Crippen molar-refractivity contribution in [3.05, 3.63) is 0 Å². The highest BCUT2D eigenvalue weighted by atomic mass is 16.1. The molecule has 0 aliphatic rings. The molecule has 0 aliphatic carbocycles. The molecule has 19 heavy (non-hydrogen) atoms. The predicted molar refractivity (Wildman–Crippen MR) is 83.3 cm³/mol. The standard InChI is InChI=1S/C16H34N2O/c1-14(2)12-15(19)18-11-9-7-6-8-10-17-13-16(3,4)5/h14,17H,6-13H2,1-5H3,(H,18,19). The minimum absolute atomic E-state index is 0.196. The van der Waals surface area contributed by atoms with Gasteiger partial charge in [0.15, 0.2) is 0 Å². The molecule has 0 saturated carbocycles. The second-order valence-electron chi connectivity index (χ2n) is 7.10. The zero-order chi connectivity index (χ0) is 14.7. The maximum Gasteiger partial charge on any atom is 0.220 e. The van der Waals surface area contributed by atoms with E-state index in [-0.39, 0.29) is 5.91 Å². The third-order valence-corrected chi connectivity index (χ3v) is 2.85. The molecule has 2 N–H and O–H groups in total. The third-order valence-electron chi connectivity index (χ3n) is 2.85. The molecule has 0 radical (unpaired) electrons. The van der Waals surface area contributed by atoms with E-state index < -0.39 is 0 Å². The Labute approximate surface area is 119 Å². The lowest BCUT2D eigenvalue weighted by Gasteiger charge is -2.18. The predicted octanol–water partition coefficient (Wildman–Crippen LogP) is 3.34. The number of carbonyl (C=O) groups excluding carboxylic acids is 1. The monoisotopic (exact) mass is 270 g/mol. The summed E-state index contributed by atoms with van der Waals surface area (Å²) in [6.07, 6.45) is 5.44. The van der Waals surface area contributed by atoms with Crippen LogP contribution in [-0.4, -0.2) is 25.5 Å². The van der Waals surface area contributed by atoms with E-state index in [1.165, 1.54) is 19.3 Å². The highest BCUT2D eigenvalue weighted by Gasteiger charge is 2.08. The molecule has 1 amide bonds. The Morgan fingerprint density at radius 3 is 2.11 bits per heavy atom. The van der Waals surface area contributed by atoms with Crippen molar-refractivity contribution in [1.29, 1.82) is 0 Å². The average Bonchev–Trinajstić information content (AvgIpc) is 2.24. The van der Waals surface area contributed by atoms with Crippen LogP contribution < -0.4 is 10.6 Å². The van der Waals surface area contributed by atoms with E-state index in [0.717, 1.165) is 26.1 Å². The van der Waals surface area contributed by atoms with Gasteiger partial charge in [-0.2, -0.15) is 0 Å². The average molecular weight is 270 g/mol. The number of carbonyl (C=O) groups is 1. The Morgan fingerprint density at radius 2 is 1.58 bits per heavy atom. The maximum absolute atomic E-state index is 11.4.